The molecule has 0 fully saturated rings. The molecule has 1 unspecified atom stereocenters. The number of aryl methyl sites for hydroxylation is 1. The van der Waals surface area contributed by atoms with Gasteiger partial charge in [0.1, 0.15) is 11.3 Å². The summed E-state index contributed by atoms with van der Waals surface area (Å²) in [5.41, 5.74) is 6.84. The lowest BCUT2D eigenvalue weighted by molar-refractivity contribution is 0.507. The van der Waals surface area contributed by atoms with Crippen molar-refractivity contribution in [1.29, 1.82) is 0 Å². The van der Waals surface area contributed by atoms with Crippen molar-refractivity contribution in [2.45, 2.75) is 32.2 Å². The average Bonchev–Trinajstić information content (AvgIpc) is 2.68. The molecule has 2 N–H and O–H groups in total. The number of hydrogen-bond acceptors (Lipinski definition) is 2. The van der Waals surface area contributed by atoms with Crippen LogP contribution in [0.15, 0.2) is 34.7 Å². The molecule has 0 saturated carbocycles. The Labute approximate surface area is 90.1 Å². The lowest BCUT2D eigenvalue weighted by atomic mass is 10.1. The molecule has 0 saturated heterocycles. The van der Waals surface area contributed by atoms with E-state index >= 15 is 0 Å². The minimum atomic E-state index is 0.290. The summed E-state index contributed by atoms with van der Waals surface area (Å²) in [6.45, 7) is 2.11. The normalized spacial score (nSPS) is 13.2. The van der Waals surface area contributed by atoms with E-state index in [-0.39, 0.29) is 0 Å². The highest BCUT2D eigenvalue weighted by atomic mass is 16.3. The van der Waals surface area contributed by atoms with Gasteiger partial charge in [-0.1, -0.05) is 25.1 Å². The fourth-order valence-electron chi connectivity index (χ4n) is 1.69. The molecule has 0 radical (unpaired) electrons. The Kier molecular flexibility index (Phi) is 3.07. The van der Waals surface area contributed by atoms with E-state index in [1.54, 1.807) is 0 Å². The number of hydrogen-bond donors (Lipinski definition) is 1. The van der Waals surface area contributed by atoms with Gasteiger partial charge in [0.2, 0.25) is 0 Å². The zero-order valence-electron chi connectivity index (χ0n) is 9.07. The van der Waals surface area contributed by atoms with Crippen LogP contribution in [-0.4, -0.2) is 6.04 Å². The van der Waals surface area contributed by atoms with E-state index in [0.717, 1.165) is 30.6 Å². The Hall–Kier alpha value is -1.28. The summed E-state index contributed by atoms with van der Waals surface area (Å²) in [4.78, 5) is 0. The monoisotopic (exact) mass is 203 g/mol. The minimum Gasteiger partial charge on any atom is -0.461 e. The molecule has 2 rings (SSSR count). The Morgan fingerprint density at radius 2 is 2.13 bits per heavy atom. The van der Waals surface area contributed by atoms with Crippen LogP contribution in [-0.2, 0) is 6.42 Å². The van der Waals surface area contributed by atoms with Crippen molar-refractivity contribution >= 4 is 11.0 Å². The van der Waals surface area contributed by atoms with Crippen molar-refractivity contribution in [2.75, 3.05) is 0 Å². The molecule has 0 spiro atoms. The Balaban J connectivity index is 2.09. The molecule has 0 aliphatic carbocycles. The Morgan fingerprint density at radius 3 is 2.87 bits per heavy atom. The maximum Gasteiger partial charge on any atom is 0.134 e. The standard InChI is InChI=1S/C13H17NO/c1-2-11(14)7-8-12-9-10-5-3-4-6-13(10)15-12/h3-6,9,11H,2,7-8,14H2,1H3. The minimum absolute atomic E-state index is 0.290. The van der Waals surface area contributed by atoms with Crippen LogP contribution < -0.4 is 5.73 Å². The predicted molar refractivity (Wildman–Crippen MR) is 62.8 cm³/mol. The summed E-state index contributed by atoms with van der Waals surface area (Å²) < 4.78 is 5.71. The molecule has 2 heteroatoms. The van der Waals surface area contributed by atoms with E-state index in [1.165, 1.54) is 5.39 Å². The van der Waals surface area contributed by atoms with Gasteiger partial charge in [0.15, 0.2) is 0 Å². The molecule has 1 atom stereocenters. The number of fused-ring (bicyclic) bond motifs is 1. The van der Waals surface area contributed by atoms with Gasteiger partial charge in [-0.25, -0.2) is 0 Å². The topological polar surface area (TPSA) is 39.2 Å². The van der Waals surface area contributed by atoms with Crippen molar-refractivity contribution in [3.05, 3.63) is 36.1 Å². The average molecular weight is 203 g/mol. The molecule has 0 bridgehead atoms. The van der Waals surface area contributed by atoms with Crippen molar-refractivity contribution in [2.24, 2.45) is 5.73 Å². The fourth-order valence-corrected chi connectivity index (χ4v) is 1.69. The van der Waals surface area contributed by atoms with Gasteiger partial charge < -0.3 is 10.2 Å². The predicted octanol–water partition coefficient (Wildman–Crippen LogP) is 3.10. The summed E-state index contributed by atoms with van der Waals surface area (Å²) >= 11 is 0. The van der Waals surface area contributed by atoms with E-state index in [2.05, 4.69) is 19.1 Å². The molecular formula is C13H17NO. The highest BCUT2D eigenvalue weighted by Gasteiger charge is 2.05. The van der Waals surface area contributed by atoms with Gasteiger partial charge in [0.25, 0.3) is 0 Å². The number of para-hydroxylation sites is 1. The lowest BCUT2D eigenvalue weighted by Gasteiger charge is -2.05. The first-order chi connectivity index (χ1) is 7.29. The quantitative estimate of drug-likeness (QED) is 0.829. The Bertz CT molecular complexity index is 400. The third-order valence-corrected chi connectivity index (χ3v) is 2.76. The van der Waals surface area contributed by atoms with Crippen LogP contribution in [0.2, 0.25) is 0 Å². The van der Waals surface area contributed by atoms with E-state index in [4.69, 9.17) is 10.2 Å². The second-order valence-electron chi connectivity index (χ2n) is 3.96. The SMILES string of the molecule is CCC(N)CCc1cc2ccccc2o1. The molecule has 0 aliphatic rings. The van der Waals surface area contributed by atoms with Crippen LogP contribution in [0.3, 0.4) is 0 Å². The van der Waals surface area contributed by atoms with Gasteiger partial charge in [-0.3, -0.25) is 0 Å². The van der Waals surface area contributed by atoms with Crippen LogP contribution in [0.4, 0.5) is 0 Å². The summed E-state index contributed by atoms with van der Waals surface area (Å²) in [5, 5.41) is 1.18. The lowest BCUT2D eigenvalue weighted by Crippen LogP contribution is -2.18. The molecule has 2 aromatic rings. The third kappa shape index (κ3) is 2.39. The second kappa shape index (κ2) is 4.49. The number of benzene rings is 1. The van der Waals surface area contributed by atoms with Crippen LogP contribution in [0.25, 0.3) is 11.0 Å². The number of rotatable bonds is 4. The summed E-state index contributed by atoms with van der Waals surface area (Å²) in [5.74, 6) is 1.04. The maximum atomic E-state index is 5.87. The van der Waals surface area contributed by atoms with E-state index in [9.17, 15) is 0 Å². The molecular weight excluding hydrogens is 186 g/mol. The van der Waals surface area contributed by atoms with Crippen molar-refractivity contribution in [3.63, 3.8) is 0 Å². The summed E-state index contributed by atoms with van der Waals surface area (Å²) in [6, 6.07) is 10.5. The molecule has 0 amide bonds. The number of nitrogens with two attached hydrogens (primary N) is 1. The molecule has 1 aromatic carbocycles. The Morgan fingerprint density at radius 1 is 1.33 bits per heavy atom. The first-order valence-corrected chi connectivity index (χ1v) is 5.52. The van der Waals surface area contributed by atoms with Crippen molar-refractivity contribution < 1.29 is 4.42 Å². The van der Waals surface area contributed by atoms with Crippen molar-refractivity contribution in [1.82, 2.24) is 0 Å². The van der Waals surface area contributed by atoms with Gasteiger partial charge >= 0.3 is 0 Å². The zero-order valence-corrected chi connectivity index (χ0v) is 9.07. The number of furan rings is 1. The fraction of sp³-hybridized carbons (Fsp3) is 0.385. The zero-order chi connectivity index (χ0) is 10.7. The van der Waals surface area contributed by atoms with Gasteiger partial charge in [-0.05, 0) is 25.0 Å². The van der Waals surface area contributed by atoms with Crippen molar-refractivity contribution in [3.8, 4) is 0 Å². The highest BCUT2D eigenvalue weighted by molar-refractivity contribution is 5.77. The van der Waals surface area contributed by atoms with Gasteiger partial charge in [-0.15, -0.1) is 0 Å². The van der Waals surface area contributed by atoms with Gasteiger partial charge in [0, 0.05) is 17.8 Å². The van der Waals surface area contributed by atoms with Crippen LogP contribution in [0.5, 0.6) is 0 Å². The smallest absolute Gasteiger partial charge is 0.134 e. The molecule has 1 aromatic heterocycles. The molecule has 1 heterocycles. The highest BCUT2D eigenvalue weighted by Crippen LogP contribution is 2.20. The van der Waals surface area contributed by atoms with Gasteiger partial charge in [-0.2, -0.15) is 0 Å². The van der Waals surface area contributed by atoms with Crippen LogP contribution in [0, 0.1) is 0 Å². The first kappa shape index (κ1) is 10.2. The third-order valence-electron chi connectivity index (χ3n) is 2.76. The van der Waals surface area contributed by atoms with E-state index in [0.29, 0.717) is 6.04 Å². The van der Waals surface area contributed by atoms with E-state index in [1.807, 2.05) is 18.2 Å². The van der Waals surface area contributed by atoms with Gasteiger partial charge in [0.05, 0.1) is 0 Å². The molecule has 2 nitrogen and oxygen atoms in total. The largest absolute Gasteiger partial charge is 0.461 e. The maximum absolute atomic E-state index is 5.87. The van der Waals surface area contributed by atoms with Crippen LogP contribution in [0.1, 0.15) is 25.5 Å². The van der Waals surface area contributed by atoms with E-state index < -0.39 is 0 Å². The molecule has 15 heavy (non-hydrogen) atoms. The molecule has 80 valence electrons. The second-order valence-corrected chi connectivity index (χ2v) is 3.96. The summed E-state index contributed by atoms with van der Waals surface area (Å²) in [7, 11) is 0. The van der Waals surface area contributed by atoms with Crippen LogP contribution >= 0.6 is 0 Å². The molecule has 0 aliphatic heterocycles. The summed E-state index contributed by atoms with van der Waals surface area (Å²) in [6.07, 6.45) is 2.96. The first-order valence-electron chi connectivity index (χ1n) is 5.52.